The summed E-state index contributed by atoms with van der Waals surface area (Å²) in [4.78, 5) is 19.9. The first-order valence-corrected chi connectivity index (χ1v) is 4.66. The molecule has 0 atom stereocenters. The van der Waals surface area contributed by atoms with Crippen LogP contribution in [-0.2, 0) is 11.2 Å². The molecule has 0 spiro atoms. The largest absolute Gasteiger partial charge is 0.477 e. The van der Waals surface area contributed by atoms with Gasteiger partial charge < -0.3 is 5.11 Å². The van der Waals surface area contributed by atoms with E-state index in [1.807, 2.05) is 0 Å². The van der Waals surface area contributed by atoms with E-state index in [4.69, 9.17) is 16.7 Å². The van der Waals surface area contributed by atoms with Gasteiger partial charge in [0.05, 0.1) is 11.3 Å². The second kappa shape index (κ2) is 4.62. The number of carbonyl (C=O) groups is 1. The highest BCUT2D eigenvalue weighted by Gasteiger charge is 2.40. The number of nitro groups is 1. The molecule has 0 saturated heterocycles. The summed E-state index contributed by atoms with van der Waals surface area (Å²) in [7, 11) is 0. The monoisotopic (exact) mass is 265 g/mol. The van der Waals surface area contributed by atoms with E-state index in [0.29, 0.717) is 0 Å². The second-order valence-corrected chi connectivity index (χ2v) is 3.65. The Hall–Kier alpha value is -1.76. The van der Waals surface area contributed by atoms with Crippen molar-refractivity contribution in [2.45, 2.75) is 12.3 Å². The minimum Gasteiger partial charge on any atom is -0.477 e. The van der Waals surface area contributed by atoms with Crippen molar-refractivity contribution >= 4 is 23.3 Å². The highest BCUT2D eigenvalue weighted by Crippen LogP contribution is 2.29. The quantitative estimate of drug-likeness (QED) is 0.670. The number of alkyl halides is 2. The van der Waals surface area contributed by atoms with Gasteiger partial charge in [0.1, 0.15) is 0 Å². The van der Waals surface area contributed by atoms with E-state index in [1.54, 1.807) is 0 Å². The zero-order valence-electron chi connectivity index (χ0n) is 8.19. The number of hydrogen-bond acceptors (Lipinski definition) is 3. The van der Waals surface area contributed by atoms with Crippen LogP contribution < -0.4 is 0 Å². The number of nitrogens with zero attached hydrogens (tertiary/aromatic N) is 1. The predicted molar refractivity (Wildman–Crippen MR) is 54.4 cm³/mol. The fourth-order valence-corrected chi connectivity index (χ4v) is 1.38. The second-order valence-electron chi connectivity index (χ2n) is 3.22. The van der Waals surface area contributed by atoms with Gasteiger partial charge in [-0.05, 0) is 12.1 Å². The SMILES string of the molecule is O=C(O)C(F)(F)Cc1cc(Cl)ccc1[N+](=O)[O-]. The molecular formula is C9H6ClF2NO4. The molecule has 0 unspecified atom stereocenters. The van der Waals surface area contributed by atoms with Crippen molar-refractivity contribution in [1.29, 1.82) is 0 Å². The summed E-state index contributed by atoms with van der Waals surface area (Å²) >= 11 is 5.52. The number of halogens is 3. The molecule has 1 rings (SSSR count). The zero-order chi connectivity index (χ0) is 13.2. The first-order valence-electron chi connectivity index (χ1n) is 4.28. The summed E-state index contributed by atoms with van der Waals surface area (Å²) in [6, 6.07) is 3.08. The lowest BCUT2D eigenvalue weighted by molar-refractivity contribution is -0.385. The van der Waals surface area contributed by atoms with Crippen molar-refractivity contribution in [1.82, 2.24) is 0 Å². The zero-order valence-corrected chi connectivity index (χ0v) is 8.95. The van der Waals surface area contributed by atoms with Gasteiger partial charge in [-0.1, -0.05) is 11.6 Å². The third-order valence-corrected chi connectivity index (χ3v) is 2.20. The van der Waals surface area contributed by atoms with E-state index >= 15 is 0 Å². The molecule has 0 bridgehead atoms. The number of nitro benzene ring substituents is 1. The summed E-state index contributed by atoms with van der Waals surface area (Å²) in [5.41, 5.74) is -1.01. The molecule has 0 aliphatic carbocycles. The van der Waals surface area contributed by atoms with Crippen LogP contribution in [0.2, 0.25) is 5.02 Å². The van der Waals surface area contributed by atoms with Gasteiger partial charge >= 0.3 is 11.9 Å². The minimum absolute atomic E-state index is 0.0202. The Labute approximate surface area is 98.8 Å². The summed E-state index contributed by atoms with van der Waals surface area (Å²) in [6.45, 7) is 0. The number of benzene rings is 1. The van der Waals surface area contributed by atoms with Crippen LogP contribution in [0.25, 0.3) is 0 Å². The van der Waals surface area contributed by atoms with Gasteiger partial charge in [0.2, 0.25) is 0 Å². The lowest BCUT2D eigenvalue weighted by Crippen LogP contribution is -2.30. The average molecular weight is 266 g/mol. The molecule has 1 aromatic carbocycles. The van der Waals surface area contributed by atoms with Gasteiger partial charge in [-0.2, -0.15) is 8.78 Å². The fraction of sp³-hybridized carbons (Fsp3) is 0.222. The summed E-state index contributed by atoms with van der Waals surface area (Å²) in [5, 5.41) is 18.8. The number of hydrogen-bond donors (Lipinski definition) is 1. The third-order valence-electron chi connectivity index (χ3n) is 1.96. The number of aliphatic carboxylic acids is 1. The maximum Gasteiger partial charge on any atom is 0.374 e. The molecule has 0 aliphatic heterocycles. The molecule has 0 amide bonds. The van der Waals surface area contributed by atoms with Crippen molar-refractivity contribution in [2.24, 2.45) is 0 Å². The Balaban J connectivity index is 3.17. The average Bonchev–Trinajstić information content (AvgIpc) is 2.15. The molecule has 1 aromatic rings. The molecule has 0 fully saturated rings. The third kappa shape index (κ3) is 3.10. The van der Waals surface area contributed by atoms with Crippen molar-refractivity contribution in [3.05, 3.63) is 38.9 Å². The number of carboxylic acid groups (broad SMARTS) is 1. The summed E-state index contributed by atoms with van der Waals surface area (Å²) < 4.78 is 25.9. The Morgan fingerprint density at radius 1 is 1.53 bits per heavy atom. The lowest BCUT2D eigenvalue weighted by Gasteiger charge is -2.11. The molecule has 0 saturated carbocycles. The Kier molecular flexibility index (Phi) is 3.62. The van der Waals surface area contributed by atoms with Crippen LogP contribution in [0.4, 0.5) is 14.5 Å². The van der Waals surface area contributed by atoms with Crippen LogP contribution in [0, 0.1) is 10.1 Å². The number of carboxylic acids is 1. The van der Waals surface area contributed by atoms with Crippen LogP contribution >= 0.6 is 11.6 Å². The van der Waals surface area contributed by atoms with E-state index < -0.39 is 34.5 Å². The maximum absolute atomic E-state index is 12.9. The Morgan fingerprint density at radius 2 is 2.12 bits per heavy atom. The van der Waals surface area contributed by atoms with Crippen LogP contribution in [0.15, 0.2) is 18.2 Å². The normalized spacial score (nSPS) is 11.2. The first-order chi connectivity index (χ1) is 7.74. The van der Waals surface area contributed by atoms with Gasteiger partial charge in [0.15, 0.2) is 0 Å². The standard InChI is InChI=1S/C9H6ClF2NO4/c10-6-1-2-7(13(16)17)5(3-6)4-9(11,12)8(14)15/h1-3H,4H2,(H,14,15). The number of rotatable bonds is 4. The van der Waals surface area contributed by atoms with E-state index in [2.05, 4.69) is 0 Å². The molecule has 0 aromatic heterocycles. The molecular weight excluding hydrogens is 260 g/mol. The van der Waals surface area contributed by atoms with Crippen molar-refractivity contribution < 1.29 is 23.6 Å². The predicted octanol–water partition coefficient (Wildman–Crippen LogP) is 2.51. The molecule has 8 heteroatoms. The van der Waals surface area contributed by atoms with Crippen molar-refractivity contribution in [3.8, 4) is 0 Å². The van der Waals surface area contributed by atoms with Crippen LogP contribution in [0.5, 0.6) is 0 Å². The van der Waals surface area contributed by atoms with Crippen LogP contribution in [0.3, 0.4) is 0 Å². The van der Waals surface area contributed by atoms with Gasteiger partial charge in [0, 0.05) is 16.7 Å². The molecule has 92 valence electrons. The molecule has 0 aliphatic rings. The van der Waals surface area contributed by atoms with E-state index in [-0.39, 0.29) is 5.02 Å². The fourth-order valence-electron chi connectivity index (χ4n) is 1.19. The Bertz CT molecular complexity index is 478. The lowest BCUT2D eigenvalue weighted by atomic mass is 10.1. The maximum atomic E-state index is 12.9. The van der Waals surface area contributed by atoms with Gasteiger partial charge in [-0.25, -0.2) is 4.79 Å². The van der Waals surface area contributed by atoms with Gasteiger partial charge in [0.25, 0.3) is 5.69 Å². The van der Waals surface area contributed by atoms with Gasteiger partial charge in [-0.15, -0.1) is 0 Å². The molecule has 0 radical (unpaired) electrons. The van der Waals surface area contributed by atoms with E-state index in [9.17, 15) is 23.7 Å². The molecule has 17 heavy (non-hydrogen) atoms. The highest BCUT2D eigenvalue weighted by molar-refractivity contribution is 6.30. The highest BCUT2D eigenvalue weighted by atomic mass is 35.5. The topological polar surface area (TPSA) is 80.4 Å². The van der Waals surface area contributed by atoms with E-state index in [0.717, 1.165) is 12.1 Å². The smallest absolute Gasteiger partial charge is 0.374 e. The summed E-state index contributed by atoms with van der Waals surface area (Å²) in [6.07, 6.45) is -1.28. The molecule has 1 N–H and O–H groups in total. The molecule has 5 nitrogen and oxygen atoms in total. The van der Waals surface area contributed by atoms with Crippen LogP contribution in [0.1, 0.15) is 5.56 Å². The van der Waals surface area contributed by atoms with Crippen LogP contribution in [-0.4, -0.2) is 21.9 Å². The Morgan fingerprint density at radius 3 is 2.59 bits per heavy atom. The van der Waals surface area contributed by atoms with Gasteiger partial charge in [-0.3, -0.25) is 10.1 Å². The minimum atomic E-state index is -4.07. The first kappa shape index (κ1) is 13.3. The molecule has 0 heterocycles. The van der Waals surface area contributed by atoms with Crippen molar-refractivity contribution in [2.75, 3.05) is 0 Å². The summed E-state index contributed by atoms with van der Waals surface area (Å²) in [5.74, 6) is -6.41. The van der Waals surface area contributed by atoms with Crippen molar-refractivity contribution in [3.63, 3.8) is 0 Å². The van der Waals surface area contributed by atoms with E-state index in [1.165, 1.54) is 6.07 Å².